The monoisotopic (exact) mass is 500 g/mol. The van der Waals surface area contributed by atoms with E-state index in [2.05, 4.69) is 26.3 Å². The minimum Gasteiger partial charge on any atom is -0.480 e. The largest absolute Gasteiger partial charge is 0.480 e. The van der Waals surface area contributed by atoms with E-state index in [1.54, 1.807) is 0 Å². The van der Waals surface area contributed by atoms with E-state index in [1.165, 1.54) is 6.92 Å². The molecule has 0 spiro atoms. The highest BCUT2D eigenvalue weighted by Gasteiger charge is 2.33. The summed E-state index contributed by atoms with van der Waals surface area (Å²) in [6, 6.07) is -4.08. The number of carbonyl (C=O) groups is 4. The molecule has 200 valence electrons. The van der Waals surface area contributed by atoms with E-state index < -0.39 is 54.0 Å². The molecule has 1 rings (SSSR count). The van der Waals surface area contributed by atoms with Gasteiger partial charge in [0.25, 0.3) is 0 Å². The van der Waals surface area contributed by atoms with Crippen LogP contribution in [0.3, 0.4) is 0 Å². The van der Waals surface area contributed by atoms with Crippen LogP contribution in [0.4, 0.5) is 0 Å². The van der Waals surface area contributed by atoms with Crippen LogP contribution < -0.4 is 38.5 Å². The summed E-state index contributed by atoms with van der Waals surface area (Å²) < 4.78 is 0. The van der Waals surface area contributed by atoms with Gasteiger partial charge in [0.05, 0.1) is 12.1 Å². The van der Waals surface area contributed by atoms with Crippen LogP contribution >= 0.6 is 0 Å². The number of carboxylic acids is 1. The van der Waals surface area contributed by atoms with Gasteiger partial charge in [0.1, 0.15) is 18.1 Å². The number of nitrogens with zero attached hydrogens (tertiary/aromatic N) is 1. The summed E-state index contributed by atoms with van der Waals surface area (Å²) in [6.07, 6.45) is 1.85. The van der Waals surface area contributed by atoms with Crippen molar-refractivity contribution in [2.24, 2.45) is 22.2 Å². The second-order valence-electron chi connectivity index (χ2n) is 8.57. The highest BCUT2D eigenvalue weighted by Crippen LogP contribution is 2.08. The fraction of sp³-hybridized carbons (Fsp3) is 0.762. The number of aliphatic hydroxyl groups excluding tert-OH is 1. The number of aliphatic imine (C=N–C) groups is 1. The summed E-state index contributed by atoms with van der Waals surface area (Å²) in [4.78, 5) is 53.7. The predicted molar refractivity (Wildman–Crippen MR) is 129 cm³/mol. The van der Waals surface area contributed by atoms with E-state index in [-0.39, 0.29) is 25.3 Å². The Labute approximate surface area is 204 Å². The maximum atomic E-state index is 12.9. The summed E-state index contributed by atoms with van der Waals surface area (Å²) in [5.41, 5.74) is 16.1. The summed E-state index contributed by atoms with van der Waals surface area (Å²) in [6.45, 7) is 2.60. The molecule has 0 radical (unpaired) electrons. The van der Waals surface area contributed by atoms with Crippen molar-refractivity contribution in [3.05, 3.63) is 0 Å². The molecule has 14 heteroatoms. The standard InChI is InChI=1S/C21H40N8O6/c1-12(30)16(29-17(31)13-7-4-10-25-13)19(33)27-14(8-5-11-26-21(23)24)18(32)28-15(20(34)35)6-2-3-9-22/h12-16,25,30H,2-11,22H2,1H3,(H,27,33)(H,28,32)(H,29,31)(H,34,35)(H4,23,24,26). The van der Waals surface area contributed by atoms with Crippen LogP contribution in [0.1, 0.15) is 51.9 Å². The molecule has 0 aromatic carbocycles. The fourth-order valence-corrected chi connectivity index (χ4v) is 3.62. The Morgan fingerprint density at radius 3 is 2.23 bits per heavy atom. The van der Waals surface area contributed by atoms with Gasteiger partial charge in [-0.3, -0.25) is 19.4 Å². The Balaban J connectivity index is 2.91. The zero-order valence-electron chi connectivity index (χ0n) is 20.2. The van der Waals surface area contributed by atoms with Crippen LogP contribution in [0, 0.1) is 0 Å². The summed E-state index contributed by atoms with van der Waals surface area (Å²) in [5.74, 6) is -3.25. The molecular weight excluding hydrogens is 460 g/mol. The molecule has 14 nitrogen and oxygen atoms in total. The average Bonchev–Trinajstić information content (AvgIpc) is 3.33. The molecule has 0 aromatic heterocycles. The number of aliphatic hydroxyl groups is 1. The minimum atomic E-state index is -1.31. The normalized spacial score (nSPS) is 18.5. The number of amides is 3. The highest BCUT2D eigenvalue weighted by molar-refractivity contribution is 5.94. The third-order valence-electron chi connectivity index (χ3n) is 5.58. The van der Waals surface area contributed by atoms with Gasteiger partial charge in [0.2, 0.25) is 17.7 Å². The molecule has 0 aromatic rings. The molecule has 1 fully saturated rings. The number of unbranched alkanes of at least 4 members (excludes halogenated alkanes) is 1. The first-order chi connectivity index (χ1) is 16.6. The van der Waals surface area contributed by atoms with Crippen molar-refractivity contribution in [2.45, 2.75) is 82.1 Å². The lowest BCUT2D eigenvalue weighted by molar-refractivity contribution is -0.142. The van der Waals surface area contributed by atoms with Crippen molar-refractivity contribution in [1.29, 1.82) is 0 Å². The van der Waals surface area contributed by atoms with Gasteiger partial charge in [-0.05, 0) is 65.0 Å². The van der Waals surface area contributed by atoms with Crippen LogP contribution in [0.5, 0.6) is 0 Å². The van der Waals surface area contributed by atoms with Crippen LogP contribution in [0.25, 0.3) is 0 Å². The first-order valence-electron chi connectivity index (χ1n) is 11.9. The molecule has 0 saturated carbocycles. The Kier molecular flexibility index (Phi) is 13.6. The Morgan fingerprint density at radius 1 is 1.03 bits per heavy atom. The first kappa shape index (κ1) is 30.1. The lowest BCUT2D eigenvalue weighted by atomic mass is 10.1. The lowest BCUT2D eigenvalue weighted by Gasteiger charge is -2.26. The minimum absolute atomic E-state index is 0.0914. The van der Waals surface area contributed by atoms with Crippen molar-refractivity contribution in [3.8, 4) is 0 Å². The quantitative estimate of drug-likeness (QED) is 0.0584. The van der Waals surface area contributed by atoms with E-state index in [4.69, 9.17) is 17.2 Å². The molecule has 0 bridgehead atoms. The number of aliphatic carboxylic acids is 1. The van der Waals surface area contributed by atoms with Crippen LogP contribution in [0.2, 0.25) is 0 Å². The second-order valence-corrected chi connectivity index (χ2v) is 8.57. The molecule has 3 amide bonds. The molecule has 0 aliphatic carbocycles. The number of carbonyl (C=O) groups excluding carboxylic acids is 3. The summed E-state index contributed by atoms with van der Waals surface area (Å²) in [7, 11) is 0. The zero-order valence-corrected chi connectivity index (χ0v) is 20.2. The van der Waals surface area contributed by atoms with Gasteiger partial charge in [-0.1, -0.05) is 0 Å². The number of hydrogen-bond acceptors (Lipinski definition) is 8. The fourth-order valence-electron chi connectivity index (χ4n) is 3.62. The number of nitrogens with two attached hydrogens (primary N) is 3. The van der Waals surface area contributed by atoms with Gasteiger partial charge in [0.15, 0.2) is 5.96 Å². The van der Waals surface area contributed by atoms with Crippen LogP contribution in [-0.4, -0.2) is 89.8 Å². The van der Waals surface area contributed by atoms with E-state index in [9.17, 15) is 29.4 Å². The van der Waals surface area contributed by atoms with Crippen molar-refractivity contribution in [3.63, 3.8) is 0 Å². The second kappa shape index (κ2) is 15.8. The number of hydrogen-bond donors (Lipinski definition) is 9. The van der Waals surface area contributed by atoms with Crippen molar-refractivity contribution >= 4 is 29.7 Å². The van der Waals surface area contributed by atoms with Gasteiger partial charge >= 0.3 is 5.97 Å². The molecule has 35 heavy (non-hydrogen) atoms. The molecule has 1 saturated heterocycles. The first-order valence-corrected chi connectivity index (χ1v) is 11.9. The smallest absolute Gasteiger partial charge is 0.326 e. The SMILES string of the molecule is CC(O)C(NC(=O)C1CCCN1)C(=O)NC(CCCN=C(N)N)C(=O)NC(CCCCN)C(=O)O. The third kappa shape index (κ3) is 11.3. The van der Waals surface area contributed by atoms with Crippen LogP contribution in [-0.2, 0) is 19.2 Å². The lowest BCUT2D eigenvalue weighted by Crippen LogP contribution is -2.59. The maximum Gasteiger partial charge on any atom is 0.326 e. The van der Waals surface area contributed by atoms with Crippen molar-refractivity contribution in [1.82, 2.24) is 21.3 Å². The van der Waals surface area contributed by atoms with Gasteiger partial charge in [-0.15, -0.1) is 0 Å². The van der Waals surface area contributed by atoms with E-state index in [0.29, 0.717) is 38.8 Å². The average molecular weight is 501 g/mol. The number of carboxylic acid groups (broad SMARTS) is 1. The topological polar surface area (TPSA) is 247 Å². The van der Waals surface area contributed by atoms with E-state index >= 15 is 0 Å². The predicted octanol–water partition coefficient (Wildman–Crippen LogP) is -3.16. The highest BCUT2D eigenvalue weighted by atomic mass is 16.4. The summed E-state index contributed by atoms with van der Waals surface area (Å²) >= 11 is 0. The zero-order chi connectivity index (χ0) is 26.4. The van der Waals surface area contributed by atoms with Gasteiger partial charge in [0, 0.05) is 6.54 Å². The van der Waals surface area contributed by atoms with Crippen molar-refractivity contribution < 1.29 is 29.4 Å². The summed E-state index contributed by atoms with van der Waals surface area (Å²) in [5, 5.41) is 30.1. The van der Waals surface area contributed by atoms with Gasteiger partial charge < -0.3 is 48.7 Å². The number of nitrogens with one attached hydrogen (secondary N) is 4. The Bertz CT molecular complexity index is 737. The van der Waals surface area contributed by atoms with E-state index in [0.717, 1.165) is 6.42 Å². The molecule has 1 aliphatic rings. The van der Waals surface area contributed by atoms with E-state index in [1.807, 2.05) is 0 Å². The molecule has 1 heterocycles. The molecular formula is C21H40N8O6. The Morgan fingerprint density at radius 2 is 1.69 bits per heavy atom. The van der Waals surface area contributed by atoms with Gasteiger partial charge in [-0.2, -0.15) is 0 Å². The number of rotatable bonds is 16. The molecule has 12 N–H and O–H groups in total. The third-order valence-corrected chi connectivity index (χ3v) is 5.58. The van der Waals surface area contributed by atoms with Gasteiger partial charge in [-0.25, -0.2) is 4.79 Å². The number of guanidine groups is 1. The van der Waals surface area contributed by atoms with Crippen molar-refractivity contribution in [2.75, 3.05) is 19.6 Å². The maximum absolute atomic E-state index is 12.9. The Hall–Kier alpha value is -2.97. The van der Waals surface area contributed by atoms with Crippen LogP contribution in [0.15, 0.2) is 4.99 Å². The molecule has 5 atom stereocenters. The molecule has 5 unspecified atom stereocenters. The molecule has 1 aliphatic heterocycles.